The fraction of sp³-hybridized carbons (Fsp3) is 0.400. The van der Waals surface area contributed by atoms with Crippen molar-refractivity contribution in [2.24, 2.45) is 5.73 Å². The van der Waals surface area contributed by atoms with E-state index in [0.29, 0.717) is 4.99 Å². The molecule has 2 N–H and O–H groups in total. The Morgan fingerprint density at radius 2 is 2.00 bits per heavy atom. The zero-order valence-corrected chi connectivity index (χ0v) is 5.38. The summed E-state index contributed by atoms with van der Waals surface area (Å²) in [4.78, 5) is 0.458. The normalized spacial score (nSPS) is 7.71. The molecule has 0 aliphatic heterocycles. The molecule has 0 aromatic heterocycles. The fourth-order valence-electron chi connectivity index (χ4n) is 0.285. The van der Waals surface area contributed by atoms with E-state index in [1.807, 2.05) is 13.8 Å². The van der Waals surface area contributed by atoms with Gasteiger partial charge in [-0.3, -0.25) is 0 Å². The van der Waals surface area contributed by atoms with Crippen molar-refractivity contribution in [2.45, 2.75) is 13.8 Å². The van der Waals surface area contributed by atoms with Gasteiger partial charge in [-0.25, -0.2) is 0 Å². The molecule has 2 heteroatoms. The van der Waals surface area contributed by atoms with Crippen LogP contribution in [0.5, 0.6) is 0 Å². The summed E-state index contributed by atoms with van der Waals surface area (Å²) in [7, 11) is 0. The summed E-state index contributed by atoms with van der Waals surface area (Å²) in [6.45, 7) is 3.92. The molecule has 0 aromatic rings. The van der Waals surface area contributed by atoms with Crippen LogP contribution in [0.4, 0.5) is 0 Å². The maximum atomic E-state index is 5.15. The van der Waals surface area contributed by atoms with Crippen molar-refractivity contribution in [3.05, 3.63) is 11.6 Å². The number of nitrogens with two attached hydrogens (primary N) is 1. The third-order valence-electron chi connectivity index (χ3n) is 0.431. The van der Waals surface area contributed by atoms with Crippen molar-refractivity contribution in [2.75, 3.05) is 0 Å². The Balaban J connectivity index is 3.68. The van der Waals surface area contributed by atoms with Crippen LogP contribution < -0.4 is 5.73 Å². The number of hydrogen-bond donors (Lipinski definition) is 1. The number of thiocarbonyl (C=S) groups is 1. The highest BCUT2D eigenvalue weighted by atomic mass is 32.1. The van der Waals surface area contributed by atoms with Crippen LogP contribution in [0.25, 0.3) is 0 Å². The second kappa shape index (κ2) is 2.75. The third-order valence-corrected chi connectivity index (χ3v) is 0.549. The zero-order chi connectivity index (χ0) is 5.86. The smallest absolute Gasteiger partial charge is 0.0961 e. The fourth-order valence-corrected chi connectivity index (χ4v) is 0.520. The van der Waals surface area contributed by atoms with Crippen molar-refractivity contribution in [3.8, 4) is 0 Å². The summed E-state index contributed by atoms with van der Waals surface area (Å²) in [5, 5.41) is 0. The van der Waals surface area contributed by atoms with Gasteiger partial charge in [0.05, 0.1) is 4.99 Å². The van der Waals surface area contributed by atoms with E-state index in [-0.39, 0.29) is 0 Å². The van der Waals surface area contributed by atoms with Crippen LogP contribution in [0.1, 0.15) is 13.8 Å². The van der Waals surface area contributed by atoms with E-state index in [9.17, 15) is 0 Å². The van der Waals surface area contributed by atoms with Crippen molar-refractivity contribution < 1.29 is 0 Å². The lowest BCUT2D eigenvalue weighted by Crippen LogP contribution is -2.02. The summed E-state index contributed by atoms with van der Waals surface area (Å²) >= 11 is 4.57. The van der Waals surface area contributed by atoms with Gasteiger partial charge in [0.25, 0.3) is 0 Å². The van der Waals surface area contributed by atoms with Crippen molar-refractivity contribution in [3.63, 3.8) is 0 Å². The summed E-state index contributed by atoms with van der Waals surface area (Å²) in [6.07, 6.45) is 1.76. The van der Waals surface area contributed by atoms with Crippen LogP contribution in [-0.2, 0) is 0 Å². The van der Waals surface area contributed by atoms with E-state index >= 15 is 0 Å². The molecule has 0 bridgehead atoms. The molecule has 0 aliphatic rings. The SMILES string of the molecule is CC(C)=CC(N)=S. The highest BCUT2D eigenvalue weighted by Gasteiger charge is 1.76. The first kappa shape index (κ1) is 6.63. The monoisotopic (exact) mass is 115 g/mol. The van der Waals surface area contributed by atoms with Crippen LogP contribution in [0.3, 0.4) is 0 Å². The molecule has 1 nitrogen and oxygen atoms in total. The second-order valence-corrected chi connectivity index (χ2v) is 2.10. The number of allylic oxidation sites excluding steroid dienone is 1. The van der Waals surface area contributed by atoms with Gasteiger partial charge in [-0.1, -0.05) is 17.8 Å². The van der Waals surface area contributed by atoms with Crippen LogP contribution in [0, 0.1) is 0 Å². The number of rotatable bonds is 1. The molecular formula is C5H9NS. The Morgan fingerprint density at radius 3 is 2.00 bits per heavy atom. The summed E-state index contributed by atoms with van der Waals surface area (Å²) in [6, 6.07) is 0. The van der Waals surface area contributed by atoms with Gasteiger partial charge in [-0.05, 0) is 19.9 Å². The minimum Gasteiger partial charge on any atom is -0.390 e. The average molecular weight is 115 g/mol. The molecule has 0 amide bonds. The largest absolute Gasteiger partial charge is 0.390 e. The summed E-state index contributed by atoms with van der Waals surface area (Å²) in [5.74, 6) is 0. The molecule has 7 heavy (non-hydrogen) atoms. The van der Waals surface area contributed by atoms with Gasteiger partial charge in [-0.2, -0.15) is 0 Å². The Bertz CT molecular complexity index is 101. The Labute approximate surface area is 49.2 Å². The standard InChI is InChI=1S/C5H9NS/c1-4(2)3-5(6)7/h3H,1-2H3,(H2,6,7). The first-order valence-corrected chi connectivity index (χ1v) is 2.48. The Morgan fingerprint density at radius 1 is 1.57 bits per heavy atom. The predicted octanol–water partition coefficient (Wildman–Crippen LogP) is 1.24. The Hall–Kier alpha value is -0.370. The first-order chi connectivity index (χ1) is 3.13. The number of hydrogen-bond acceptors (Lipinski definition) is 1. The zero-order valence-electron chi connectivity index (χ0n) is 4.56. The van der Waals surface area contributed by atoms with Crippen molar-refractivity contribution in [1.82, 2.24) is 0 Å². The second-order valence-electron chi connectivity index (χ2n) is 1.62. The molecule has 0 rings (SSSR count). The van der Waals surface area contributed by atoms with Crippen molar-refractivity contribution in [1.29, 1.82) is 0 Å². The van der Waals surface area contributed by atoms with E-state index in [1.165, 1.54) is 0 Å². The van der Waals surface area contributed by atoms with Crippen LogP contribution in [0.2, 0.25) is 0 Å². The molecule has 0 fully saturated rings. The van der Waals surface area contributed by atoms with Gasteiger partial charge in [0.15, 0.2) is 0 Å². The first-order valence-electron chi connectivity index (χ1n) is 2.07. The molecule has 0 radical (unpaired) electrons. The van der Waals surface area contributed by atoms with Gasteiger partial charge < -0.3 is 5.73 Å². The van der Waals surface area contributed by atoms with Gasteiger partial charge in [-0.15, -0.1) is 0 Å². The third kappa shape index (κ3) is 5.63. The van der Waals surface area contributed by atoms with Crippen LogP contribution in [-0.4, -0.2) is 4.99 Å². The molecule has 0 spiro atoms. The van der Waals surface area contributed by atoms with E-state index in [2.05, 4.69) is 12.2 Å². The molecule has 0 aliphatic carbocycles. The molecule has 0 saturated carbocycles. The van der Waals surface area contributed by atoms with E-state index < -0.39 is 0 Å². The van der Waals surface area contributed by atoms with E-state index in [4.69, 9.17) is 5.73 Å². The molecule has 0 unspecified atom stereocenters. The highest BCUT2D eigenvalue weighted by Crippen LogP contribution is 1.85. The van der Waals surface area contributed by atoms with E-state index in [0.717, 1.165) is 5.57 Å². The quantitative estimate of drug-likeness (QED) is 0.411. The molecule has 0 saturated heterocycles. The highest BCUT2D eigenvalue weighted by molar-refractivity contribution is 7.80. The Kier molecular flexibility index (Phi) is 2.60. The van der Waals surface area contributed by atoms with Gasteiger partial charge in [0.2, 0.25) is 0 Å². The predicted molar refractivity (Wildman–Crippen MR) is 36.2 cm³/mol. The maximum Gasteiger partial charge on any atom is 0.0961 e. The topological polar surface area (TPSA) is 26.0 Å². The lowest BCUT2D eigenvalue weighted by Gasteiger charge is -1.84. The molecule has 0 atom stereocenters. The lowest BCUT2D eigenvalue weighted by atomic mass is 10.3. The lowest BCUT2D eigenvalue weighted by molar-refractivity contribution is 1.40. The molecule has 0 heterocycles. The van der Waals surface area contributed by atoms with Gasteiger partial charge in [0.1, 0.15) is 0 Å². The van der Waals surface area contributed by atoms with Crippen LogP contribution >= 0.6 is 12.2 Å². The summed E-state index contributed by atoms with van der Waals surface area (Å²) in [5.41, 5.74) is 6.29. The van der Waals surface area contributed by atoms with Gasteiger partial charge >= 0.3 is 0 Å². The molecule has 0 aromatic carbocycles. The molecule has 40 valence electrons. The minimum atomic E-state index is 0.458. The van der Waals surface area contributed by atoms with E-state index in [1.54, 1.807) is 6.08 Å². The maximum absolute atomic E-state index is 5.15. The molecular weight excluding hydrogens is 106 g/mol. The van der Waals surface area contributed by atoms with Crippen LogP contribution in [0.15, 0.2) is 11.6 Å². The summed E-state index contributed by atoms with van der Waals surface area (Å²) < 4.78 is 0. The average Bonchev–Trinajstić information content (AvgIpc) is 1.27. The minimum absolute atomic E-state index is 0.458. The van der Waals surface area contributed by atoms with Gasteiger partial charge in [0, 0.05) is 0 Å². The van der Waals surface area contributed by atoms with Crippen molar-refractivity contribution >= 4 is 17.2 Å².